The predicted molar refractivity (Wildman–Crippen MR) is 60.4 cm³/mol. The molecule has 1 rings (SSSR count). The lowest BCUT2D eigenvalue weighted by Crippen LogP contribution is -2.03. The van der Waals surface area contributed by atoms with Crippen molar-refractivity contribution in [3.05, 3.63) is 38.7 Å². The van der Waals surface area contributed by atoms with Gasteiger partial charge in [-0.25, -0.2) is 0 Å². The number of rotatable bonds is 4. The van der Waals surface area contributed by atoms with E-state index in [-0.39, 0.29) is 0 Å². The van der Waals surface area contributed by atoms with Crippen molar-refractivity contribution in [2.45, 2.75) is 13.8 Å². The molecule has 0 heterocycles. The van der Waals surface area contributed by atoms with Crippen molar-refractivity contribution >= 4 is 11.6 Å². The Kier molecular flexibility index (Phi) is 4.28. The summed E-state index contributed by atoms with van der Waals surface area (Å²) >= 11 is 5.88. The fourth-order valence-electron chi connectivity index (χ4n) is 1.36. The first-order valence-electron chi connectivity index (χ1n) is 4.55. The minimum absolute atomic E-state index is 0.331. The third kappa shape index (κ3) is 3.35. The first-order chi connectivity index (χ1) is 7.15. The summed E-state index contributed by atoms with van der Waals surface area (Å²) in [4.78, 5) is 2.65. The van der Waals surface area contributed by atoms with E-state index >= 15 is 0 Å². The van der Waals surface area contributed by atoms with Gasteiger partial charge >= 0.3 is 0 Å². The number of nitrogens with zero attached hydrogens (tertiary/aromatic N) is 3. The van der Waals surface area contributed by atoms with Crippen molar-refractivity contribution in [1.82, 2.24) is 0 Å². The van der Waals surface area contributed by atoms with Crippen LogP contribution in [-0.2, 0) is 0 Å². The molecule has 0 radical (unpaired) electrons. The van der Waals surface area contributed by atoms with Crippen LogP contribution >= 0.6 is 11.6 Å². The number of azide groups is 1. The van der Waals surface area contributed by atoms with Gasteiger partial charge in [-0.2, -0.15) is 0 Å². The Morgan fingerprint density at radius 2 is 2.00 bits per heavy atom. The third-order valence-corrected chi connectivity index (χ3v) is 2.14. The van der Waals surface area contributed by atoms with Gasteiger partial charge in [0.1, 0.15) is 5.75 Å². The van der Waals surface area contributed by atoms with Crippen molar-refractivity contribution in [1.29, 1.82) is 0 Å². The van der Waals surface area contributed by atoms with Crippen molar-refractivity contribution in [3.63, 3.8) is 0 Å². The van der Waals surface area contributed by atoms with Gasteiger partial charge in [0.05, 0.1) is 13.2 Å². The maximum Gasteiger partial charge on any atom is 0.125 e. The number of hydrogen-bond donors (Lipinski definition) is 0. The largest absolute Gasteiger partial charge is 0.493 e. The molecular weight excluding hydrogens is 214 g/mol. The maximum absolute atomic E-state index is 8.09. The molecule has 15 heavy (non-hydrogen) atoms. The molecule has 0 N–H and O–H groups in total. The predicted octanol–water partition coefficient (Wildman–Crippen LogP) is 3.65. The highest BCUT2D eigenvalue weighted by Gasteiger charge is 2.04. The monoisotopic (exact) mass is 225 g/mol. The average molecular weight is 226 g/mol. The highest BCUT2D eigenvalue weighted by molar-refractivity contribution is 6.30. The lowest BCUT2D eigenvalue weighted by Gasteiger charge is -2.11. The zero-order valence-corrected chi connectivity index (χ0v) is 9.45. The molecule has 0 aromatic heterocycles. The summed E-state index contributed by atoms with van der Waals surface area (Å²) < 4.78 is 5.50. The van der Waals surface area contributed by atoms with Crippen LogP contribution in [0.1, 0.15) is 11.1 Å². The molecule has 0 aliphatic carbocycles. The second-order valence-corrected chi connectivity index (χ2v) is 3.61. The van der Waals surface area contributed by atoms with Gasteiger partial charge in [-0.3, -0.25) is 0 Å². The Bertz CT molecular complexity index is 377. The minimum Gasteiger partial charge on any atom is -0.493 e. The van der Waals surface area contributed by atoms with Crippen molar-refractivity contribution in [2.75, 3.05) is 13.2 Å². The lowest BCUT2D eigenvalue weighted by atomic mass is 10.1. The van der Waals surface area contributed by atoms with Crippen molar-refractivity contribution in [2.24, 2.45) is 5.11 Å². The van der Waals surface area contributed by atoms with Crippen LogP contribution in [0, 0.1) is 13.8 Å². The Hall–Kier alpha value is -1.38. The smallest absolute Gasteiger partial charge is 0.125 e. The molecule has 0 aliphatic rings. The van der Waals surface area contributed by atoms with E-state index in [0.29, 0.717) is 18.2 Å². The Morgan fingerprint density at radius 1 is 1.40 bits per heavy atom. The molecule has 0 unspecified atom stereocenters. The summed E-state index contributed by atoms with van der Waals surface area (Å²) in [6.45, 7) is 4.58. The van der Waals surface area contributed by atoms with Crippen LogP contribution in [0.25, 0.3) is 10.4 Å². The summed E-state index contributed by atoms with van der Waals surface area (Å²) in [7, 11) is 0. The van der Waals surface area contributed by atoms with E-state index in [9.17, 15) is 0 Å². The molecule has 1 aromatic carbocycles. The van der Waals surface area contributed by atoms with Gasteiger partial charge < -0.3 is 4.74 Å². The van der Waals surface area contributed by atoms with Crippen molar-refractivity contribution in [3.8, 4) is 5.75 Å². The quantitative estimate of drug-likeness (QED) is 0.334. The number of benzene rings is 1. The van der Waals surface area contributed by atoms with E-state index in [1.807, 2.05) is 26.0 Å². The Morgan fingerprint density at radius 3 is 2.53 bits per heavy atom. The highest BCUT2D eigenvalue weighted by Crippen LogP contribution is 2.26. The first-order valence-corrected chi connectivity index (χ1v) is 4.93. The molecule has 0 spiro atoms. The SMILES string of the molecule is Cc1cc(Cl)cc(C)c1OCCN=[N+]=[N-]. The number of hydrogen-bond acceptors (Lipinski definition) is 2. The van der Waals surface area contributed by atoms with E-state index in [4.69, 9.17) is 21.9 Å². The van der Waals surface area contributed by atoms with E-state index in [1.54, 1.807) is 0 Å². The van der Waals surface area contributed by atoms with E-state index in [0.717, 1.165) is 16.9 Å². The van der Waals surface area contributed by atoms with Gasteiger partial charge in [-0.05, 0) is 42.6 Å². The molecule has 0 atom stereocenters. The number of ether oxygens (including phenoxy) is 1. The molecule has 80 valence electrons. The van der Waals surface area contributed by atoms with E-state index in [1.165, 1.54) is 0 Å². The molecule has 0 amide bonds. The summed E-state index contributed by atoms with van der Waals surface area (Å²) in [5.41, 5.74) is 10.1. The molecule has 1 aromatic rings. The van der Waals surface area contributed by atoms with Crippen molar-refractivity contribution < 1.29 is 4.74 Å². The van der Waals surface area contributed by atoms with Crippen LogP contribution in [0.15, 0.2) is 17.2 Å². The van der Waals surface area contributed by atoms with Gasteiger partial charge in [0.2, 0.25) is 0 Å². The van der Waals surface area contributed by atoms with Gasteiger partial charge in [-0.15, -0.1) is 0 Å². The standard InChI is InChI=1S/C10H12ClN3O/c1-7-5-9(11)6-8(2)10(7)15-4-3-13-14-12/h5-6H,3-4H2,1-2H3. The van der Waals surface area contributed by atoms with E-state index in [2.05, 4.69) is 10.0 Å². The van der Waals surface area contributed by atoms with E-state index < -0.39 is 0 Å². The summed E-state index contributed by atoms with van der Waals surface area (Å²) in [5.74, 6) is 0.813. The third-order valence-electron chi connectivity index (χ3n) is 1.93. The van der Waals surface area contributed by atoms with Gasteiger partial charge in [0.15, 0.2) is 0 Å². The highest BCUT2D eigenvalue weighted by atomic mass is 35.5. The normalized spacial score (nSPS) is 9.53. The zero-order valence-electron chi connectivity index (χ0n) is 8.70. The molecule has 4 nitrogen and oxygen atoms in total. The zero-order chi connectivity index (χ0) is 11.3. The molecule has 0 aliphatic heterocycles. The lowest BCUT2D eigenvalue weighted by molar-refractivity contribution is 0.324. The fraction of sp³-hybridized carbons (Fsp3) is 0.400. The Labute approximate surface area is 93.4 Å². The van der Waals surface area contributed by atoms with Crippen LogP contribution < -0.4 is 4.74 Å². The average Bonchev–Trinajstić information content (AvgIpc) is 2.15. The second-order valence-electron chi connectivity index (χ2n) is 3.17. The van der Waals surface area contributed by atoms with Crippen LogP contribution in [0.3, 0.4) is 0 Å². The Balaban J connectivity index is 2.72. The molecular formula is C10H12ClN3O. The molecule has 0 saturated carbocycles. The maximum atomic E-state index is 8.09. The molecule has 0 saturated heterocycles. The first kappa shape index (κ1) is 11.7. The van der Waals surface area contributed by atoms with Gasteiger partial charge in [-0.1, -0.05) is 16.7 Å². The minimum atomic E-state index is 0.331. The summed E-state index contributed by atoms with van der Waals surface area (Å²) in [6.07, 6.45) is 0. The number of aryl methyl sites for hydroxylation is 2. The molecule has 5 heteroatoms. The van der Waals surface area contributed by atoms with Crippen LogP contribution in [0.5, 0.6) is 5.75 Å². The van der Waals surface area contributed by atoms with Gasteiger partial charge in [0, 0.05) is 9.93 Å². The fourth-order valence-corrected chi connectivity index (χ4v) is 1.69. The van der Waals surface area contributed by atoms with Crippen LogP contribution in [-0.4, -0.2) is 13.2 Å². The topological polar surface area (TPSA) is 58.0 Å². The number of halogens is 1. The molecule has 0 fully saturated rings. The second kappa shape index (κ2) is 5.49. The summed E-state index contributed by atoms with van der Waals surface area (Å²) in [5, 5.41) is 4.09. The van der Waals surface area contributed by atoms with Crippen LogP contribution in [0.4, 0.5) is 0 Å². The van der Waals surface area contributed by atoms with Gasteiger partial charge in [0.25, 0.3) is 0 Å². The van der Waals surface area contributed by atoms with Crippen LogP contribution in [0.2, 0.25) is 5.02 Å². The summed E-state index contributed by atoms with van der Waals surface area (Å²) in [6, 6.07) is 3.69. The molecule has 0 bridgehead atoms.